The van der Waals surface area contributed by atoms with Gasteiger partial charge >= 0.3 is 0 Å². The van der Waals surface area contributed by atoms with Gasteiger partial charge in [0.25, 0.3) is 5.91 Å². The number of hydrogen-bond donors (Lipinski definition) is 1. The van der Waals surface area contributed by atoms with E-state index >= 15 is 0 Å². The van der Waals surface area contributed by atoms with Crippen molar-refractivity contribution in [3.05, 3.63) is 17.5 Å². The van der Waals surface area contributed by atoms with Gasteiger partial charge in [0.15, 0.2) is 0 Å². The first kappa shape index (κ1) is 8.77. The third kappa shape index (κ3) is 1.84. The van der Waals surface area contributed by atoms with E-state index in [-0.39, 0.29) is 11.9 Å². The molecule has 0 aliphatic rings. The first-order chi connectivity index (χ1) is 5.61. The van der Waals surface area contributed by atoms with Gasteiger partial charge in [-0.1, -0.05) is 5.16 Å². The molecule has 0 bridgehead atoms. The summed E-state index contributed by atoms with van der Waals surface area (Å²) in [5.74, 6) is -0.135. The van der Waals surface area contributed by atoms with Crippen LogP contribution < -0.4 is 5.32 Å². The lowest BCUT2D eigenvalue weighted by molar-refractivity contribution is 0.0942. The van der Waals surface area contributed by atoms with Crippen molar-refractivity contribution < 1.29 is 9.32 Å². The summed E-state index contributed by atoms with van der Waals surface area (Å²) in [6.45, 7) is 5.54. The van der Waals surface area contributed by atoms with Crippen LogP contribution in [0.4, 0.5) is 0 Å². The zero-order valence-electron chi connectivity index (χ0n) is 7.42. The van der Waals surface area contributed by atoms with Gasteiger partial charge in [-0.15, -0.1) is 0 Å². The summed E-state index contributed by atoms with van der Waals surface area (Å²) in [6, 6.07) is 0.131. The van der Waals surface area contributed by atoms with Gasteiger partial charge in [0.1, 0.15) is 11.8 Å². The fraction of sp³-hybridized carbons (Fsp3) is 0.500. The van der Waals surface area contributed by atoms with Crippen LogP contribution in [0.3, 0.4) is 0 Å². The highest BCUT2D eigenvalue weighted by molar-refractivity contribution is 5.94. The molecule has 1 heterocycles. The Balaban J connectivity index is 2.72. The summed E-state index contributed by atoms with van der Waals surface area (Å²) in [6.07, 6.45) is 1.35. The van der Waals surface area contributed by atoms with E-state index in [1.807, 2.05) is 13.8 Å². The number of aromatic nitrogens is 1. The van der Waals surface area contributed by atoms with Crippen LogP contribution in [0.1, 0.15) is 29.9 Å². The molecule has 1 amide bonds. The Morgan fingerprint density at radius 1 is 1.67 bits per heavy atom. The standard InChI is InChI=1S/C8H12N2O2/c1-5(2)9-8(11)7-4-12-10-6(7)3/h4-5H,1-3H3,(H,9,11). The zero-order chi connectivity index (χ0) is 9.14. The monoisotopic (exact) mass is 168 g/mol. The predicted molar refractivity (Wildman–Crippen MR) is 43.8 cm³/mol. The normalized spacial score (nSPS) is 10.3. The maximum atomic E-state index is 11.3. The Bertz CT molecular complexity index is 278. The minimum atomic E-state index is -0.135. The van der Waals surface area contributed by atoms with Gasteiger partial charge in [0.05, 0.1) is 5.69 Å². The minimum Gasteiger partial charge on any atom is -0.364 e. The summed E-state index contributed by atoms with van der Waals surface area (Å²) in [4.78, 5) is 11.3. The van der Waals surface area contributed by atoms with Crippen LogP contribution in [0.15, 0.2) is 10.8 Å². The third-order valence-electron chi connectivity index (χ3n) is 1.41. The van der Waals surface area contributed by atoms with Crippen LogP contribution >= 0.6 is 0 Å². The minimum absolute atomic E-state index is 0.131. The van der Waals surface area contributed by atoms with Crippen molar-refractivity contribution in [1.29, 1.82) is 0 Å². The van der Waals surface area contributed by atoms with Crippen molar-refractivity contribution in [2.45, 2.75) is 26.8 Å². The average Bonchev–Trinajstić information content (AvgIpc) is 2.33. The van der Waals surface area contributed by atoms with Crippen LogP contribution in [-0.2, 0) is 0 Å². The SMILES string of the molecule is Cc1nocc1C(=O)NC(C)C. The lowest BCUT2D eigenvalue weighted by Gasteiger charge is -2.05. The third-order valence-corrected chi connectivity index (χ3v) is 1.41. The Kier molecular flexibility index (Phi) is 2.47. The molecule has 1 aromatic heterocycles. The van der Waals surface area contributed by atoms with Gasteiger partial charge in [0, 0.05) is 6.04 Å². The molecule has 0 aromatic carbocycles. The molecule has 0 aliphatic carbocycles. The Labute approximate surface area is 70.9 Å². The number of carbonyl (C=O) groups is 1. The topological polar surface area (TPSA) is 55.1 Å². The van der Waals surface area contributed by atoms with E-state index in [4.69, 9.17) is 0 Å². The molecule has 0 radical (unpaired) electrons. The summed E-state index contributed by atoms with van der Waals surface area (Å²) >= 11 is 0. The smallest absolute Gasteiger partial charge is 0.256 e. The fourth-order valence-electron chi connectivity index (χ4n) is 0.850. The molecular weight excluding hydrogens is 156 g/mol. The second kappa shape index (κ2) is 3.38. The first-order valence-corrected chi connectivity index (χ1v) is 3.83. The number of rotatable bonds is 2. The van der Waals surface area contributed by atoms with Crippen molar-refractivity contribution >= 4 is 5.91 Å². The van der Waals surface area contributed by atoms with E-state index in [1.54, 1.807) is 6.92 Å². The van der Waals surface area contributed by atoms with Gasteiger partial charge in [0.2, 0.25) is 0 Å². The molecule has 4 heteroatoms. The zero-order valence-corrected chi connectivity index (χ0v) is 7.42. The van der Waals surface area contributed by atoms with Crippen LogP contribution in [0.5, 0.6) is 0 Å². The molecule has 0 unspecified atom stereocenters. The number of nitrogens with one attached hydrogen (secondary N) is 1. The molecule has 1 rings (SSSR count). The molecular formula is C8H12N2O2. The van der Waals surface area contributed by atoms with Crippen LogP contribution in [0.2, 0.25) is 0 Å². The fourth-order valence-corrected chi connectivity index (χ4v) is 0.850. The molecule has 0 spiro atoms. The van der Waals surface area contributed by atoms with Crippen molar-refractivity contribution in [3.63, 3.8) is 0 Å². The summed E-state index contributed by atoms with van der Waals surface area (Å²) in [5, 5.41) is 6.36. The highest BCUT2D eigenvalue weighted by atomic mass is 16.5. The molecule has 1 aromatic rings. The quantitative estimate of drug-likeness (QED) is 0.720. The van der Waals surface area contributed by atoms with Crippen molar-refractivity contribution in [2.24, 2.45) is 0 Å². The maximum absolute atomic E-state index is 11.3. The van der Waals surface area contributed by atoms with Crippen LogP contribution in [0, 0.1) is 6.92 Å². The lowest BCUT2D eigenvalue weighted by atomic mass is 10.2. The predicted octanol–water partition coefficient (Wildman–Crippen LogP) is 1.12. The number of nitrogens with zero attached hydrogens (tertiary/aromatic N) is 1. The highest BCUT2D eigenvalue weighted by Gasteiger charge is 2.12. The largest absolute Gasteiger partial charge is 0.364 e. The molecule has 1 N–H and O–H groups in total. The van der Waals surface area contributed by atoms with E-state index < -0.39 is 0 Å². The van der Waals surface area contributed by atoms with Gasteiger partial charge in [-0.25, -0.2) is 0 Å². The van der Waals surface area contributed by atoms with Crippen LogP contribution in [0.25, 0.3) is 0 Å². The van der Waals surface area contributed by atoms with Gasteiger partial charge < -0.3 is 9.84 Å². The molecule has 0 fully saturated rings. The molecule has 4 nitrogen and oxygen atoms in total. The molecule has 12 heavy (non-hydrogen) atoms. The number of amides is 1. The molecule has 66 valence electrons. The van der Waals surface area contributed by atoms with Gasteiger partial charge in [-0.05, 0) is 20.8 Å². The van der Waals surface area contributed by atoms with E-state index in [0.29, 0.717) is 11.3 Å². The van der Waals surface area contributed by atoms with Crippen LogP contribution in [-0.4, -0.2) is 17.1 Å². The van der Waals surface area contributed by atoms with E-state index in [9.17, 15) is 4.79 Å². The van der Waals surface area contributed by atoms with Gasteiger partial charge in [-0.3, -0.25) is 4.79 Å². The lowest BCUT2D eigenvalue weighted by Crippen LogP contribution is -2.30. The molecule has 0 saturated carbocycles. The summed E-state index contributed by atoms with van der Waals surface area (Å²) < 4.78 is 4.64. The van der Waals surface area contributed by atoms with Crippen molar-refractivity contribution in [1.82, 2.24) is 10.5 Å². The number of carbonyl (C=O) groups excluding carboxylic acids is 1. The molecule has 0 saturated heterocycles. The van der Waals surface area contributed by atoms with E-state index in [0.717, 1.165) is 0 Å². The van der Waals surface area contributed by atoms with E-state index in [1.165, 1.54) is 6.26 Å². The van der Waals surface area contributed by atoms with Crippen molar-refractivity contribution in [2.75, 3.05) is 0 Å². The molecule has 0 aliphatic heterocycles. The van der Waals surface area contributed by atoms with Crippen molar-refractivity contribution in [3.8, 4) is 0 Å². The van der Waals surface area contributed by atoms with Gasteiger partial charge in [-0.2, -0.15) is 0 Å². The summed E-state index contributed by atoms with van der Waals surface area (Å²) in [5.41, 5.74) is 1.12. The maximum Gasteiger partial charge on any atom is 0.256 e. The highest BCUT2D eigenvalue weighted by Crippen LogP contribution is 2.04. The Morgan fingerprint density at radius 3 is 2.75 bits per heavy atom. The number of aryl methyl sites for hydroxylation is 1. The average molecular weight is 168 g/mol. The summed E-state index contributed by atoms with van der Waals surface area (Å²) in [7, 11) is 0. The first-order valence-electron chi connectivity index (χ1n) is 3.83. The van der Waals surface area contributed by atoms with E-state index in [2.05, 4.69) is 15.0 Å². The molecule has 0 atom stereocenters. The second-order valence-corrected chi connectivity index (χ2v) is 2.94. The second-order valence-electron chi connectivity index (χ2n) is 2.94. The Hall–Kier alpha value is -1.32. The number of hydrogen-bond acceptors (Lipinski definition) is 3. The Morgan fingerprint density at radius 2 is 2.33 bits per heavy atom.